The fourth-order valence-electron chi connectivity index (χ4n) is 0.0722. The molecule has 0 heterocycles. The summed E-state index contributed by atoms with van der Waals surface area (Å²) in [7, 11) is 1.28. The van der Waals surface area contributed by atoms with E-state index >= 15 is 0 Å². The van der Waals surface area contributed by atoms with Gasteiger partial charge in [0.05, 0.1) is 7.11 Å². The van der Waals surface area contributed by atoms with Crippen molar-refractivity contribution in [3.05, 3.63) is 0 Å². The summed E-state index contributed by atoms with van der Waals surface area (Å²) in [6.45, 7) is 3.03. The van der Waals surface area contributed by atoms with Crippen LogP contribution in [0.2, 0.25) is 0 Å². The van der Waals surface area contributed by atoms with Gasteiger partial charge in [-0.3, -0.25) is 0 Å². The topological polar surface area (TPSA) is 40.3 Å². The van der Waals surface area contributed by atoms with Crippen LogP contribution in [0.25, 0.3) is 0 Å². The average Bonchev–Trinajstić information content (AvgIpc) is 1.65. The van der Waals surface area contributed by atoms with Crippen molar-refractivity contribution in [1.29, 1.82) is 0 Å². The molecule has 3 heteroatoms. The van der Waals surface area contributed by atoms with Gasteiger partial charge in [-0.05, 0) is 0 Å². The summed E-state index contributed by atoms with van der Waals surface area (Å²) in [6, 6.07) is 0. The van der Waals surface area contributed by atoms with E-state index in [0.717, 1.165) is 0 Å². The van der Waals surface area contributed by atoms with Crippen LogP contribution in [0.15, 0.2) is 0 Å². The highest BCUT2D eigenvalue weighted by Crippen LogP contribution is 1.52. The summed E-state index contributed by atoms with van der Waals surface area (Å²) < 4.78 is 4.09. The molecule has 1 N–H and O–H groups in total. The molecule has 34 valence electrons. The molecule has 0 aromatic carbocycles. The van der Waals surface area contributed by atoms with Crippen LogP contribution in [-0.2, 0) is 4.74 Å². The lowest BCUT2D eigenvalue weighted by Crippen LogP contribution is -2.70. The van der Waals surface area contributed by atoms with E-state index in [1.807, 2.05) is 4.99 Å². The third kappa shape index (κ3) is 1.46. The lowest BCUT2D eigenvalue weighted by Gasteiger charge is -1.75. The highest BCUT2D eigenvalue weighted by molar-refractivity contribution is 5.56. The van der Waals surface area contributed by atoms with Gasteiger partial charge in [0.25, 0.3) is 0 Å². The minimum Gasteiger partial charge on any atom is -0.415 e. The Morgan fingerprint density at radius 3 is 2.50 bits per heavy atom. The number of methoxy groups -OCH3 is 1. The first-order valence-corrected chi connectivity index (χ1v) is 1.42. The molecule has 0 fully saturated rings. The van der Waals surface area contributed by atoms with Crippen LogP contribution in [0.5, 0.6) is 0 Å². The third-order valence-electron chi connectivity index (χ3n) is 0.330. The molecule has 3 nitrogen and oxygen atoms in total. The molecule has 0 atom stereocenters. The molecule has 1 amide bonds. The molecule has 0 spiro atoms. The maximum atomic E-state index is 9.78. The first-order valence-electron chi connectivity index (χ1n) is 1.42. The van der Waals surface area contributed by atoms with E-state index in [0.29, 0.717) is 0 Å². The molecule has 0 saturated heterocycles. The van der Waals surface area contributed by atoms with Crippen LogP contribution < -0.4 is 4.99 Å². The second-order valence-electron chi connectivity index (χ2n) is 0.668. The Morgan fingerprint density at radius 1 is 2.00 bits per heavy atom. The van der Waals surface area contributed by atoms with Crippen LogP contribution >= 0.6 is 0 Å². The maximum absolute atomic E-state index is 9.78. The molecule has 0 aromatic rings. The number of carbonyl (C=O) groups excluding carboxylic acids is 1. The van der Waals surface area contributed by atoms with Crippen molar-refractivity contribution in [2.75, 3.05) is 7.11 Å². The van der Waals surface area contributed by atoms with E-state index < -0.39 is 6.09 Å². The van der Waals surface area contributed by atoms with E-state index in [4.69, 9.17) is 0 Å². The Balaban J connectivity index is 3.23. The zero-order chi connectivity index (χ0) is 4.99. The number of amides is 1. The molecule has 0 bridgehead atoms. The van der Waals surface area contributed by atoms with Crippen molar-refractivity contribution in [2.45, 2.75) is 0 Å². The van der Waals surface area contributed by atoms with Crippen molar-refractivity contribution in [1.82, 2.24) is 0 Å². The quantitative estimate of drug-likeness (QED) is 0.367. The lowest BCUT2D eigenvalue weighted by molar-refractivity contribution is -0.356. The Labute approximate surface area is 35.6 Å². The summed E-state index contributed by atoms with van der Waals surface area (Å²) in [5.74, 6) is 0. The number of rotatable bonds is 0. The van der Waals surface area contributed by atoms with E-state index in [9.17, 15) is 4.79 Å². The van der Waals surface area contributed by atoms with E-state index in [-0.39, 0.29) is 0 Å². The van der Waals surface area contributed by atoms with Gasteiger partial charge in [-0.25, -0.2) is 0 Å². The summed E-state index contributed by atoms with van der Waals surface area (Å²) in [5.41, 5.74) is 0. The first kappa shape index (κ1) is 5.14. The summed E-state index contributed by atoms with van der Waals surface area (Å²) in [6.07, 6.45) is -0.519. The minimum absolute atomic E-state index is 0.519. The molecule has 0 aliphatic rings. The predicted octanol–water partition coefficient (Wildman–Crippen LogP) is -1.47. The molecule has 0 unspecified atom stereocenters. The predicted molar refractivity (Wildman–Crippen MR) is 20.5 cm³/mol. The van der Waals surface area contributed by atoms with E-state index in [2.05, 4.69) is 11.5 Å². The molecule has 0 rings (SSSR count). The number of nitrogens with one attached hydrogen (secondary N) is 1. The smallest absolute Gasteiger partial charge is 0.415 e. The molecule has 0 aliphatic heterocycles. The number of ether oxygens (including phenoxy) is 1. The molecule has 0 aromatic heterocycles. The first-order chi connectivity index (χ1) is 2.81. The van der Waals surface area contributed by atoms with Crippen LogP contribution in [0.3, 0.4) is 0 Å². The molecular formula is C3H6NO2+. The van der Waals surface area contributed by atoms with Gasteiger partial charge in [0, 0.05) is 0 Å². The third-order valence-corrected chi connectivity index (χ3v) is 0.330. The Kier molecular flexibility index (Phi) is 2.04. The van der Waals surface area contributed by atoms with Crippen molar-refractivity contribution in [3.8, 4) is 0 Å². The minimum atomic E-state index is -0.519. The summed E-state index contributed by atoms with van der Waals surface area (Å²) >= 11 is 0. The second-order valence-corrected chi connectivity index (χ2v) is 0.668. The Hall–Kier alpha value is -0.860. The highest BCUT2D eigenvalue weighted by Gasteiger charge is 1.94. The van der Waals surface area contributed by atoms with Crippen molar-refractivity contribution < 1.29 is 14.5 Å². The monoisotopic (exact) mass is 88.0 g/mol. The van der Waals surface area contributed by atoms with Gasteiger partial charge in [-0.15, -0.1) is 4.99 Å². The average molecular weight is 88.1 g/mol. The van der Waals surface area contributed by atoms with Gasteiger partial charge in [-0.1, -0.05) is 0 Å². The van der Waals surface area contributed by atoms with E-state index in [1.165, 1.54) is 7.11 Å². The van der Waals surface area contributed by atoms with Crippen molar-refractivity contribution >= 4 is 12.8 Å². The van der Waals surface area contributed by atoms with Gasteiger partial charge in [-0.2, -0.15) is 4.79 Å². The SMILES string of the molecule is C=[NH+]C(=O)OC. The van der Waals surface area contributed by atoms with Crippen LogP contribution in [-0.4, -0.2) is 19.9 Å². The molecule has 0 saturated carbocycles. The highest BCUT2D eigenvalue weighted by atomic mass is 16.5. The van der Waals surface area contributed by atoms with Gasteiger partial charge in [0.15, 0.2) is 0 Å². The zero-order valence-corrected chi connectivity index (χ0v) is 3.52. The standard InChI is InChI=1S/C3H5NO2/c1-4-3(5)6-2/h1H2,2H3/p+1. The normalized spacial score (nSPS) is 6.83. The maximum Gasteiger partial charge on any atom is 0.593 e. The van der Waals surface area contributed by atoms with Gasteiger partial charge < -0.3 is 4.74 Å². The van der Waals surface area contributed by atoms with Gasteiger partial charge in [0.1, 0.15) is 6.72 Å². The largest absolute Gasteiger partial charge is 0.593 e. The van der Waals surface area contributed by atoms with Crippen LogP contribution in [0.1, 0.15) is 0 Å². The van der Waals surface area contributed by atoms with Crippen molar-refractivity contribution in [2.24, 2.45) is 0 Å². The second kappa shape index (κ2) is 2.38. The van der Waals surface area contributed by atoms with Gasteiger partial charge >= 0.3 is 6.09 Å². The molecule has 0 radical (unpaired) electrons. The Bertz CT molecular complexity index is 69.2. The van der Waals surface area contributed by atoms with Gasteiger partial charge in [0.2, 0.25) is 0 Å². The fourth-order valence-corrected chi connectivity index (χ4v) is 0.0722. The summed E-state index contributed by atoms with van der Waals surface area (Å²) in [4.78, 5) is 11.8. The van der Waals surface area contributed by atoms with Crippen LogP contribution in [0, 0.1) is 0 Å². The van der Waals surface area contributed by atoms with Crippen LogP contribution in [0.4, 0.5) is 4.79 Å². The number of hydrogen-bond acceptors (Lipinski definition) is 2. The molecule has 0 aliphatic carbocycles. The lowest BCUT2D eigenvalue weighted by atomic mass is 11.2. The molecule has 6 heavy (non-hydrogen) atoms. The zero-order valence-electron chi connectivity index (χ0n) is 3.52. The Morgan fingerprint density at radius 2 is 2.50 bits per heavy atom. The number of hydrogen-bond donors (Lipinski definition) is 1. The molecular weight excluding hydrogens is 82.0 g/mol. The van der Waals surface area contributed by atoms with E-state index in [1.54, 1.807) is 0 Å². The fraction of sp³-hybridized carbons (Fsp3) is 0.333. The van der Waals surface area contributed by atoms with Crippen molar-refractivity contribution in [3.63, 3.8) is 0 Å². The number of carbonyl (C=O) groups is 1. The summed E-state index contributed by atoms with van der Waals surface area (Å²) in [5, 5.41) is 0.